The summed E-state index contributed by atoms with van der Waals surface area (Å²) in [5, 5.41) is 0. The molecule has 0 radical (unpaired) electrons. The maximum absolute atomic E-state index is 10.9. The van der Waals surface area contributed by atoms with Crippen LogP contribution in [0, 0.1) is 0 Å². The average molecular weight is 190 g/mol. The molecule has 0 spiro atoms. The van der Waals surface area contributed by atoms with Crippen LogP contribution in [0.1, 0.15) is 12.5 Å². The molecule has 3 nitrogen and oxygen atoms in total. The van der Waals surface area contributed by atoms with E-state index in [0.29, 0.717) is 17.9 Å². The SMILES string of the molecule is CC(=O)Cc1ccc2c(c1)OC=CO2. The monoisotopic (exact) mass is 190 g/mol. The summed E-state index contributed by atoms with van der Waals surface area (Å²) >= 11 is 0. The van der Waals surface area contributed by atoms with Crippen molar-refractivity contribution in [1.29, 1.82) is 0 Å². The molecule has 1 heterocycles. The van der Waals surface area contributed by atoms with Crippen LogP contribution in [-0.4, -0.2) is 5.78 Å². The molecular weight excluding hydrogens is 180 g/mol. The Labute approximate surface area is 81.9 Å². The van der Waals surface area contributed by atoms with Gasteiger partial charge in [-0.05, 0) is 24.6 Å². The van der Waals surface area contributed by atoms with Gasteiger partial charge in [0.2, 0.25) is 0 Å². The molecule has 1 aliphatic rings. The van der Waals surface area contributed by atoms with E-state index in [9.17, 15) is 4.79 Å². The van der Waals surface area contributed by atoms with Gasteiger partial charge in [-0.2, -0.15) is 0 Å². The molecule has 0 bridgehead atoms. The van der Waals surface area contributed by atoms with Crippen molar-refractivity contribution in [3.8, 4) is 11.5 Å². The highest BCUT2D eigenvalue weighted by Crippen LogP contribution is 2.31. The van der Waals surface area contributed by atoms with Crippen molar-refractivity contribution in [2.75, 3.05) is 0 Å². The van der Waals surface area contributed by atoms with E-state index in [1.54, 1.807) is 13.0 Å². The standard InChI is InChI=1S/C11H10O3/c1-8(12)6-9-2-3-10-11(7-9)14-5-4-13-10/h2-5,7H,6H2,1H3. The Morgan fingerprint density at radius 2 is 1.93 bits per heavy atom. The smallest absolute Gasteiger partial charge is 0.169 e. The van der Waals surface area contributed by atoms with Gasteiger partial charge >= 0.3 is 0 Å². The van der Waals surface area contributed by atoms with Crippen LogP contribution >= 0.6 is 0 Å². The number of carbonyl (C=O) groups excluding carboxylic acids is 1. The predicted molar refractivity (Wildman–Crippen MR) is 51.2 cm³/mol. The van der Waals surface area contributed by atoms with E-state index in [1.165, 1.54) is 12.5 Å². The first-order valence-corrected chi connectivity index (χ1v) is 4.36. The lowest BCUT2D eigenvalue weighted by atomic mass is 10.1. The van der Waals surface area contributed by atoms with Gasteiger partial charge < -0.3 is 9.47 Å². The van der Waals surface area contributed by atoms with Gasteiger partial charge in [0.15, 0.2) is 11.5 Å². The molecule has 72 valence electrons. The average Bonchev–Trinajstić information content (AvgIpc) is 2.17. The summed E-state index contributed by atoms with van der Waals surface area (Å²) in [4.78, 5) is 10.9. The van der Waals surface area contributed by atoms with Gasteiger partial charge in [-0.1, -0.05) is 6.07 Å². The van der Waals surface area contributed by atoms with Gasteiger partial charge in [-0.25, -0.2) is 0 Å². The highest BCUT2D eigenvalue weighted by Gasteiger charge is 2.09. The number of fused-ring (bicyclic) bond motifs is 1. The van der Waals surface area contributed by atoms with Gasteiger partial charge in [0, 0.05) is 6.42 Å². The second kappa shape index (κ2) is 3.54. The quantitative estimate of drug-likeness (QED) is 0.716. The van der Waals surface area contributed by atoms with E-state index in [0.717, 1.165) is 5.56 Å². The van der Waals surface area contributed by atoms with Gasteiger partial charge in [-0.3, -0.25) is 4.79 Å². The molecule has 0 atom stereocenters. The fourth-order valence-corrected chi connectivity index (χ4v) is 1.34. The van der Waals surface area contributed by atoms with E-state index in [2.05, 4.69) is 0 Å². The molecule has 1 aromatic rings. The molecule has 2 rings (SSSR count). The fourth-order valence-electron chi connectivity index (χ4n) is 1.34. The number of carbonyl (C=O) groups is 1. The topological polar surface area (TPSA) is 35.5 Å². The summed E-state index contributed by atoms with van der Waals surface area (Å²) in [6, 6.07) is 5.49. The van der Waals surface area contributed by atoms with Crippen molar-refractivity contribution in [1.82, 2.24) is 0 Å². The molecule has 0 N–H and O–H groups in total. The molecule has 0 saturated heterocycles. The Balaban J connectivity index is 2.27. The van der Waals surface area contributed by atoms with Crippen LogP contribution in [0.2, 0.25) is 0 Å². The van der Waals surface area contributed by atoms with E-state index in [4.69, 9.17) is 9.47 Å². The second-order valence-electron chi connectivity index (χ2n) is 3.17. The third-order valence-corrected chi connectivity index (χ3v) is 1.91. The minimum atomic E-state index is 0.136. The lowest BCUT2D eigenvalue weighted by Crippen LogP contribution is -2.00. The molecule has 1 aliphatic heterocycles. The minimum absolute atomic E-state index is 0.136. The van der Waals surface area contributed by atoms with Crippen LogP contribution < -0.4 is 9.47 Å². The van der Waals surface area contributed by atoms with Crippen molar-refractivity contribution in [2.45, 2.75) is 13.3 Å². The number of hydrogen-bond acceptors (Lipinski definition) is 3. The highest BCUT2D eigenvalue weighted by molar-refractivity contribution is 5.78. The molecule has 0 unspecified atom stereocenters. The summed E-state index contributed by atoms with van der Waals surface area (Å²) in [7, 11) is 0. The first kappa shape index (κ1) is 8.81. The molecular formula is C11H10O3. The molecule has 0 saturated carbocycles. The second-order valence-corrected chi connectivity index (χ2v) is 3.17. The number of Topliss-reactive ketones (excluding diaryl/α,β-unsaturated/α-hetero) is 1. The molecule has 14 heavy (non-hydrogen) atoms. The zero-order chi connectivity index (χ0) is 9.97. The van der Waals surface area contributed by atoms with E-state index >= 15 is 0 Å². The molecule has 0 fully saturated rings. The van der Waals surface area contributed by atoms with Gasteiger partial charge in [0.1, 0.15) is 18.3 Å². The van der Waals surface area contributed by atoms with Crippen LogP contribution in [-0.2, 0) is 11.2 Å². The Kier molecular flexibility index (Phi) is 2.23. The van der Waals surface area contributed by atoms with Crippen LogP contribution in [0.15, 0.2) is 30.7 Å². The Morgan fingerprint density at radius 1 is 1.21 bits per heavy atom. The first-order valence-electron chi connectivity index (χ1n) is 4.36. The summed E-state index contributed by atoms with van der Waals surface area (Å²) < 4.78 is 10.4. The Hall–Kier alpha value is -1.77. The van der Waals surface area contributed by atoms with Crippen molar-refractivity contribution >= 4 is 5.78 Å². The first-order chi connectivity index (χ1) is 6.75. The Bertz CT molecular complexity index is 394. The highest BCUT2D eigenvalue weighted by atomic mass is 16.5. The maximum Gasteiger partial charge on any atom is 0.169 e. The number of ketones is 1. The van der Waals surface area contributed by atoms with Crippen LogP contribution in [0.25, 0.3) is 0 Å². The number of benzene rings is 1. The number of hydrogen-bond donors (Lipinski definition) is 0. The van der Waals surface area contributed by atoms with Crippen molar-refractivity contribution in [3.05, 3.63) is 36.3 Å². The fraction of sp³-hybridized carbons (Fsp3) is 0.182. The summed E-state index contributed by atoms with van der Waals surface area (Å²) in [5.74, 6) is 1.48. The summed E-state index contributed by atoms with van der Waals surface area (Å²) in [6.45, 7) is 1.57. The van der Waals surface area contributed by atoms with Crippen LogP contribution in [0.4, 0.5) is 0 Å². The zero-order valence-corrected chi connectivity index (χ0v) is 7.82. The Morgan fingerprint density at radius 3 is 2.64 bits per heavy atom. The van der Waals surface area contributed by atoms with Crippen molar-refractivity contribution in [2.24, 2.45) is 0 Å². The molecule has 1 aromatic carbocycles. The lowest BCUT2D eigenvalue weighted by molar-refractivity contribution is -0.116. The summed E-state index contributed by atoms with van der Waals surface area (Å²) in [6.07, 6.45) is 3.38. The molecule has 0 aromatic heterocycles. The normalized spacial score (nSPS) is 12.6. The molecule has 0 aliphatic carbocycles. The third kappa shape index (κ3) is 1.76. The number of rotatable bonds is 2. The lowest BCUT2D eigenvalue weighted by Gasteiger charge is -2.12. The van der Waals surface area contributed by atoms with Gasteiger partial charge in [0.05, 0.1) is 0 Å². The van der Waals surface area contributed by atoms with Gasteiger partial charge in [-0.15, -0.1) is 0 Å². The van der Waals surface area contributed by atoms with E-state index < -0.39 is 0 Å². The number of ether oxygens (including phenoxy) is 2. The predicted octanol–water partition coefficient (Wildman–Crippen LogP) is 2.06. The van der Waals surface area contributed by atoms with Gasteiger partial charge in [0.25, 0.3) is 0 Å². The third-order valence-electron chi connectivity index (χ3n) is 1.91. The van der Waals surface area contributed by atoms with E-state index in [1.807, 2.05) is 12.1 Å². The maximum atomic E-state index is 10.9. The minimum Gasteiger partial charge on any atom is -0.458 e. The van der Waals surface area contributed by atoms with Crippen LogP contribution in [0.5, 0.6) is 11.5 Å². The summed E-state index contributed by atoms with van der Waals surface area (Å²) in [5.41, 5.74) is 0.940. The van der Waals surface area contributed by atoms with Crippen molar-refractivity contribution in [3.63, 3.8) is 0 Å². The van der Waals surface area contributed by atoms with E-state index in [-0.39, 0.29) is 5.78 Å². The molecule has 0 amide bonds. The zero-order valence-electron chi connectivity index (χ0n) is 7.82. The molecule has 3 heteroatoms. The van der Waals surface area contributed by atoms with Crippen molar-refractivity contribution < 1.29 is 14.3 Å². The van der Waals surface area contributed by atoms with Crippen LogP contribution in [0.3, 0.4) is 0 Å². The largest absolute Gasteiger partial charge is 0.458 e.